The number of azo groups is 1. The molecule has 4 rings (SSSR count). The van der Waals surface area contributed by atoms with E-state index in [9.17, 15) is 14.7 Å². The lowest BCUT2D eigenvalue weighted by Gasteiger charge is -2.10. The minimum atomic E-state index is -0.822. The number of hydrogen-bond donors (Lipinski definition) is 3. The summed E-state index contributed by atoms with van der Waals surface area (Å²) in [5, 5.41) is 21.1. The van der Waals surface area contributed by atoms with Crippen molar-refractivity contribution in [3.8, 4) is 17.4 Å². The zero-order valence-electron chi connectivity index (χ0n) is 19.0. The fraction of sp³-hybridized carbons (Fsp3) is 0.0769. The summed E-state index contributed by atoms with van der Waals surface area (Å²) in [6.45, 7) is 0. The molecule has 9 heteroatoms. The molecular formula is C26H22N4O5. The van der Waals surface area contributed by atoms with Gasteiger partial charge in [0.15, 0.2) is 5.69 Å². The Morgan fingerprint density at radius 3 is 2.46 bits per heavy atom. The Balaban J connectivity index is 1.71. The Bertz CT molecular complexity index is 1440. The minimum absolute atomic E-state index is 0.115. The van der Waals surface area contributed by atoms with Crippen molar-refractivity contribution in [2.24, 2.45) is 10.2 Å². The van der Waals surface area contributed by atoms with E-state index in [-0.39, 0.29) is 17.3 Å². The summed E-state index contributed by atoms with van der Waals surface area (Å²) in [4.78, 5) is 28.6. The number of benzene rings is 3. The predicted octanol–water partition coefficient (Wildman–Crippen LogP) is 4.97. The van der Waals surface area contributed by atoms with Gasteiger partial charge in [-0.2, -0.15) is 0 Å². The number of methoxy groups -OCH3 is 2. The van der Waals surface area contributed by atoms with Crippen LogP contribution < -0.4 is 14.8 Å². The third kappa shape index (κ3) is 5.19. The van der Waals surface area contributed by atoms with E-state index >= 15 is 0 Å². The number of para-hydroxylation sites is 1. The molecule has 0 aliphatic heterocycles. The fourth-order valence-electron chi connectivity index (χ4n) is 3.39. The molecule has 0 aliphatic carbocycles. The van der Waals surface area contributed by atoms with E-state index in [4.69, 9.17) is 9.47 Å². The summed E-state index contributed by atoms with van der Waals surface area (Å²) in [6, 6.07) is 20.6. The van der Waals surface area contributed by atoms with Gasteiger partial charge in [-0.1, -0.05) is 36.4 Å². The first-order chi connectivity index (χ1) is 17.0. The second-order valence-electron chi connectivity index (χ2n) is 7.36. The molecule has 9 nitrogen and oxygen atoms in total. The van der Waals surface area contributed by atoms with E-state index in [1.54, 1.807) is 72.8 Å². The van der Waals surface area contributed by atoms with Crippen LogP contribution in [0.1, 0.15) is 15.9 Å². The summed E-state index contributed by atoms with van der Waals surface area (Å²) >= 11 is 0. The number of carbonyl (C=O) groups excluding carboxylic acids is 2. The third-order valence-electron chi connectivity index (χ3n) is 5.16. The highest BCUT2D eigenvalue weighted by atomic mass is 16.5. The van der Waals surface area contributed by atoms with Crippen molar-refractivity contribution in [1.29, 1.82) is 0 Å². The molecule has 0 spiro atoms. The molecule has 176 valence electrons. The van der Waals surface area contributed by atoms with Crippen LogP contribution >= 0.6 is 0 Å². The number of rotatable bonds is 7. The third-order valence-corrected chi connectivity index (χ3v) is 5.16. The van der Waals surface area contributed by atoms with Gasteiger partial charge in [-0.25, -0.2) is 0 Å². The normalized spacial score (nSPS) is 11.5. The summed E-state index contributed by atoms with van der Waals surface area (Å²) in [7, 11) is 3.01. The largest absolute Gasteiger partial charge is 0.497 e. The number of amides is 2. The van der Waals surface area contributed by atoms with Crippen molar-refractivity contribution in [3.63, 3.8) is 0 Å². The van der Waals surface area contributed by atoms with E-state index in [0.717, 1.165) is 0 Å². The summed E-state index contributed by atoms with van der Waals surface area (Å²) in [6.07, 6.45) is 1.44. The molecule has 0 unspecified atom stereocenters. The zero-order valence-corrected chi connectivity index (χ0v) is 19.0. The van der Waals surface area contributed by atoms with Crippen LogP contribution in [0.5, 0.6) is 17.4 Å². The predicted molar refractivity (Wildman–Crippen MR) is 131 cm³/mol. The van der Waals surface area contributed by atoms with E-state index in [0.29, 0.717) is 33.5 Å². The average molecular weight is 470 g/mol. The summed E-state index contributed by atoms with van der Waals surface area (Å²) < 4.78 is 10.6. The number of aromatic nitrogens is 1. The number of nitrogens with one attached hydrogen (secondary N) is 2. The topological polar surface area (TPSA) is 125 Å². The van der Waals surface area contributed by atoms with Crippen molar-refractivity contribution >= 4 is 34.5 Å². The number of aromatic amines is 1. The summed E-state index contributed by atoms with van der Waals surface area (Å²) in [5.74, 6) is -0.553. The van der Waals surface area contributed by atoms with Gasteiger partial charge in [0, 0.05) is 22.6 Å². The SMILES string of the molecule is COc1ccc(C=C(NC(=O)c2ccccc2)C(=O)N=Nc2c(O)[nH]c3ccccc23)c(OC)c1. The van der Waals surface area contributed by atoms with Crippen LogP contribution in [-0.4, -0.2) is 36.1 Å². The first-order valence-electron chi connectivity index (χ1n) is 10.6. The number of nitrogens with zero attached hydrogens (tertiary/aromatic N) is 2. The monoisotopic (exact) mass is 470 g/mol. The highest BCUT2D eigenvalue weighted by molar-refractivity contribution is 6.06. The van der Waals surface area contributed by atoms with Crippen LogP contribution in [0.3, 0.4) is 0 Å². The molecule has 35 heavy (non-hydrogen) atoms. The molecule has 0 radical (unpaired) electrons. The number of carbonyl (C=O) groups is 2. The second kappa shape index (κ2) is 10.3. The molecule has 0 bridgehead atoms. The second-order valence-corrected chi connectivity index (χ2v) is 7.36. The van der Waals surface area contributed by atoms with Gasteiger partial charge < -0.3 is 24.9 Å². The van der Waals surface area contributed by atoms with Gasteiger partial charge >= 0.3 is 5.91 Å². The lowest BCUT2D eigenvalue weighted by Crippen LogP contribution is -2.26. The standard InChI is InChI=1S/C26H22N4O5/c1-34-18-13-12-17(22(15-18)35-2)14-21(28-24(31)16-8-4-3-5-9-16)25(32)30-29-23-19-10-6-7-11-20(19)27-26(23)33/h3-15,27,33H,1-2H3,(H,28,31). The van der Waals surface area contributed by atoms with Crippen LogP contribution in [0.15, 0.2) is 88.7 Å². The smallest absolute Gasteiger partial charge is 0.311 e. The highest BCUT2D eigenvalue weighted by Crippen LogP contribution is 2.35. The van der Waals surface area contributed by atoms with Crippen LogP contribution in [-0.2, 0) is 4.79 Å². The van der Waals surface area contributed by atoms with Crippen molar-refractivity contribution < 1.29 is 24.2 Å². The van der Waals surface area contributed by atoms with Gasteiger partial charge in [0.1, 0.15) is 17.2 Å². The molecule has 0 aliphatic rings. The number of aromatic hydroxyl groups is 1. The molecule has 0 saturated heterocycles. The van der Waals surface area contributed by atoms with Gasteiger partial charge in [0.25, 0.3) is 5.91 Å². The van der Waals surface area contributed by atoms with Crippen molar-refractivity contribution in [2.75, 3.05) is 14.2 Å². The maximum atomic E-state index is 13.1. The van der Waals surface area contributed by atoms with Crippen LogP contribution in [0.25, 0.3) is 17.0 Å². The first-order valence-corrected chi connectivity index (χ1v) is 10.6. The molecule has 2 amide bonds. The number of fused-ring (bicyclic) bond motifs is 1. The fourth-order valence-corrected chi connectivity index (χ4v) is 3.39. The maximum Gasteiger partial charge on any atom is 0.311 e. The molecule has 3 N–H and O–H groups in total. The first kappa shape index (κ1) is 23.2. The molecule has 0 saturated carbocycles. The van der Waals surface area contributed by atoms with Gasteiger partial charge in [-0.3, -0.25) is 9.59 Å². The van der Waals surface area contributed by atoms with Crippen LogP contribution in [0, 0.1) is 0 Å². The van der Waals surface area contributed by atoms with Crippen molar-refractivity contribution in [2.45, 2.75) is 0 Å². The Morgan fingerprint density at radius 2 is 1.71 bits per heavy atom. The molecule has 3 aromatic carbocycles. The Labute approximate surface area is 200 Å². The van der Waals surface area contributed by atoms with Crippen LogP contribution in [0.2, 0.25) is 0 Å². The minimum Gasteiger partial charge on any atom is -0.497 e. The lowest BCUT2D eigenvalue weighted by molar-refractivity contribution is -0.115. The van der Waals surface area contributed by atoms with Crippen molar-refractivity contribution in [3.05, 3.63) is 89.6 Å². The van der Waals surface area contributed by atoms with Gasteiger partial charge in [0.05, 0.1) is 19.7 Å². The summed E-state index contributed by atoms with van der Waals surface area (Å²) in [5.41, 5.74) is 1.49. The molecular weight excluding hydrogens is 448 g/mol. The van der Waals surface area contributed by atoms with E-state index in [1.165, 1.54) is 20.3 Å². The Kier molecular flexibility index (Phi) is 6.87. The van der Waals surface area contributed by atoms with Gasteiger partial charge in [-0.15, -0.1) is 10.2 Å². The van der Waals surface area contributed by atoms with Crippen LogP contribution in [0.4, 0.5) is 5.69 Å². The molecule has 0 atom stereocenters. The Hall–Kier alpha value is -4.92. The van der Waals surface area contributed by atoms with E-state index < -0.39 is 11.8 Å². The number of H-pyrrole nitrogens is 1. The molecule has 1 heterocycles. The Morgan fingerprint density at radius 1 is 0.971 bits per heavy atom. The maximum absolute atomic E-state index is 13.1. The van der Waals surface area contributed by atoms with Gasteiger partial charge in [0.2, 0.25) is 5.88 Å². The quantitative estimate of drug-likeness (QED) is 0.260. The highest BCUT2D eigenvalue weighted by Gasteiger charge is 2.17. The molecule has 0 fully saturated rings. The molecule has 1 aromatic heterocycles. The lowest BCUT2D eigenvalue weighted by atomic mass is 10.1. The van der Waals surface area contributed by atoms with Crippen molar-refractivity contribution in [1.82, 2.24) is 10.3 Å². The van der Waals surface area contributed by atoms with E-state index in [1.807, 2.05) is 0 Å². The van der Waals surface area contributed by atoms with E-state index in [2.05, 4.69) is 20.5 Å². The number of ether oxygens (including phenoxy) is 2. The average Bonchev–Trinajstić information content (AvgIpc) is 3.22. The number of hydrogen-bond acceptors (Lipinski definition) is 6. The zero-order chi connectivity index (χ0) is 24.8. The molecule has 4 aromatic rings. The van der Waals surface area contributed by atoms with Gasteiger partial charge in [-0.05, 0) is 36.4 Å².